The highest BCUT2D eigenvalue weighted by atomic mass is 19.1. The first-order chi connectivity index (χ1) is 10.0. The summed E-state index contributed by atoms with van der Waals surface area (Å²) in [6.07, 6.45) is 2.50. The number of amides is 2. The zero-order valence-corrected chi connectivity index (χ0v) is 11.4. The lowest BCUT2D eigenvalue weighted by Crippen LogP contribution is -2.53. The van der Waals surface area contributed by atoms with E-state index in [-0.39, 0.29) is 11.9 Å². The van der Waals surface area contributed by atoms with Crippen LogP contribution < -0.4 is 11.1 Å². The van der Waals surface area contributed by atoms with E-state index in [0.29, 0.717) is 17.7 Å². The third kappa shape index (κ3) is 1.43. The molecule has 6 heteroatoms. The number of primary amides is 1. The molecule has 21 heavy (non-hydrogen) atoms. The van der Waals surface area contributed by atoms with Crippen molar-refractivity contribution in [2.75, 3.05) is 11.9 Å². The lowest BCUT2D eigenvalue weighted by Gasteiger charge is -2.35. The van der Waals surface area contributed by atoms with Crippen LogP contribution in [0.2, 0.25) is 0 Å². The lowest BCUT2D eigenvalue weighted by molar-refractivity contribution is -0.135. The number of fused-ring (bicyclic) bond motifs is 4. The number of nitrogens with two attached hydrogens (primary N) is 1. The monoisotopic (exact) mass is 289 g/mol. The molecule has 1 aromatic rings. The van der Waals surface area contributed by atoms with Crippen LogP contribution in [-0.4, -0.2) is 29.3 Å². The molecule has 3 atom stereocenters. The van der Waals surface area contributed by atoms with Gasteiger partial charge in [-0.05, 0) is 44.0 Å². The number of halogens is 1. The third-order valence-corrected chi connectivity index (χ3v) is 5.17. The van der Waals surface area contributed by atoms with Gasteiger partial charge in [-0.3, -0.25) is 14.5 Å². The minimum atomic E-state index is -1.12. The smallest absolute Gasteiger partial charge is 0.250 e. The van der Waals surface area contributed by atoms with Gasteiger partial charge in [-0.2, -0.15) is 0 Å². The average molecular weight is 289 g/mol. The van der Waals surface area contributed by atoms with Crippen molar-refractivity contribution in [3.8, 4) is 0 Å². The fourth-order valence-corrected chi connectivity index (χ4v) is 4.42. The molecule has 5 nitrogen and oxygen atoms in total. The summed E-state index contributed by atoms with van der Waals surface area (Å²) < 4.78 is 13.7. The minimum absolute atomic E-state index is 0.169. The van der Waals surface area contributed by atoms with Gasteiger partial charge in [-0.25, -0.2) is 4.39 Å². The molecule has 1 spiro atoms. The summed E-state index contributed by atoms with van der Waals surface area (Å²) in [5.74, 6) is -1.76. The summed E-state index contributed by atoms with van der Waals surface area (Å²) in [6.45, 7) is 0.734. The van der Waals surface area contributed by atoms with Gasteiger partial charge in [-0.1, -0.05) is 0 Å². The van der Waals surface area contributed by atoms with Crippen LogP contribution in [0.3, 0.4) is 0 Å². The van der Waals surface area contributed by atoms with Crippen molar-refractivity contribution in [3.63, 3.8) is 0 Å². The van der Waals surface area contributed by atoms with Crippen molar-refractivity contribution >= 4 is 17.5 Å². The molecule has 3 N–H and O–H groups in total. The molecule has 0 aromatic heterocycles. The standard InChI is InChI=1S/C15H16FN3O2/c16-8-3-4-12-10(6-8)15(14(21)18-12)11(13(17)20)7-9-2-1-5-19(9)15/h3-4,6,9,11H,1-2,5,7H2,(H2,17,20)(H,18,21)/t9-,11-,15-/m0/s1. The van der Waals surface area contributed by atoms with Crippen molar-refractivity contribution in [3.05, 3.63) is 29.6 Å². The first kappa shape index (κ1) is 12.8. The van der Waals surface area contributed by atoms with Crippen molar-refractivity contribution in [1.82, 2.24) is 4.90 Å². The van der Waals surface area contributed by atoms with Crippen LogP contribution in [0.25, 0.3) is 0 Å². The van der Waals surface area contributed by atoms with E-state index in [4.69, 9.17) is 5.73 Å². The highest BCUT2D eigenvalue weighted by Crippen LogP contribution is 2.55. The Morgan fingerprint density at radius 2 is 2.29 bits per heavy atom. The fraction of sp³-hybridized carbons (Fsp3) is 0.467. The molecule has 0 aliphatic carbocycles. The van der Waals surface area contributed by atoms with Crippen LogP contribution in [0.1, 0.15) is 24.8 Å². The maximum absolute atomic E-state index is 13.7. The Morgan fingerprint density at radius 1 is 1.48 bits per heavy atom. The van der Waals surface area contributed by atoms with E-state index in [1.807, 2.05) is 0 Å². The highest BCUT2D eigenvalue weighted by molar-refractivity contribution is 6.09. The predicted octanol–water partition coefficient (Wildman–Crippen LogP) is 0.943. The number of carbonyl (C=O) groups is 2. The summed E-state index contributed by atoms with van der Waals surface area (Å²) in [5, 5.41) is 2.80. The Labute approximate surface area is 121 Å². The van der Waals surface area contributed by atoms with E-state index in [1.165, 1.54) is 12.1 Å². The Balaban J connectivity index is 1.97. The molecular formula is C15H16FN3O2. The van der Waals surface area contributed by atoms with Gasteiger partial charge < -0.3 is 11.1 Å². The first-order valence-corrected chi connectivity index (χ1v) is 7.22. The van der Waals surface area contributed by atoms with E-state index in [9.17, 15) is 14.0 Å². The molecule has 0 saturated carbocycles. The normalized spacial score (nSPS) is 34.0. The molecule has 110 valence electrons. The number of benzene rings is 1. The molecule has 4 rings (SSSR count). The van der Waals surface area contributed by atoms with Gasteiger partial charge >= 0.3 is 0 Å². The van der Waals surface area contributed by atoms with E-state index >= 15 is 0 Å². The van der Waals surface area contributed by atoms with E-state index in [2.05, 4.69) is 10.2 Å². The minimum Gasteiger partial charge on any atom is -0.369 e. The number of carbonyl (C=O) groups excluding carboxylic acids is 2. The number of hydrogen-bond donors (Lipinski definition) is 2. The molecule has 2 fully saturated rings. The zero-order chi connectivity index (χ0) is 14.8. The van der Waals surface area contributed by atoms with Crippen molar-refractivity contribution in [2.45, 2.75) is 30.8 Å². The van der Waals surface area contributed by atoms with Crippen LogP contribution in [-0.2, 0) is 15.1 Å². The van der Waals surface area contributed by atoms with Gasteiger partial charge in [0, 0.05) is 17.3 Å². The van der Waals surface area contributed by atoms with Gasteiger partial charge in [0.2, 0.25) is 11.8 Å². The number of hydrogen-bond acceptors (Lipinski definition) is 3. The fourth-order valence-electron chi connectivity index (χ4n) is 4.42. The molecule has 3 aliphatic heterocycles. The van der Waals surface area contributed by atoms with Gasteiger partial charge in [0.15, 0.2) is 0 Å². The summed E-state index contributed by atoms with van der Waals surface area (Å²) in [4.78, 5) is 26.8. The lowest BCUT2D eigenvalue weighted by atomic mass is 9.78. The predicted molar refractivity (Wildman–Crippen MR) is 73.7 cm³/mol. The average Bonchev–Trinajstić information content (AvgIpc) is 3.06. The first-order valence-electron chi connectivity index (χ1n) is 7.22. The summed E-state index contributed by atoms with van der Waals surface area (Å²) in [7, 11) is 0. The summed E-state index contributed by atoms with van der Waals surface area (Å²) >= 11 is 0. The second-order valence-electron chi connectivity index (χ2n) is 6.09. The van der Waals surface area contributed by atoms with E-state index < -0.39 is 23.2 Å². The molecular weight excluding hydrogens is 273 g/mol. The van der Waals surface area contributed by atoms with E-state index in [0.717, 1.165) is 19.4 Å². The number of nitrogens with zero attached hydrogens (tertiary/aromatic N) is 1. The number of nitrogens with one attached hydrogen (secondary N) is 1. The Morgan fingerprint density at radius 3 is 3.05 bits per heavy atom. The molecule has 2 saturated heterocycles. The van der Waals surface area contributed by atoms with Gasteiger partial charge in [0.25, 0.3) is 0 Å². The summed E-state index contributed by atoms with van der Waals surface area (Å²) in [5.41, 5.74) is 5.59. The third-order valence-electron chi connectivity index (χ3n) is 5.17. The van der Waals surface area contributed by atoms with Crippen LogP contribution >= 0.6 is 0 Å². The van der Waals surface area contributed by atoms with Crippen molar-refractivity contribution in [1.29, 1.82) is 0 Å². The molecule has 3 heterocycles. The van der Waals surface area contributed by atoms with Crippen molar-refractivity contribution < 1.29 is 14.0 Å². The molecule has 0 radical (unpaired) electrons. The second kappa shape index (κ2) is 4.04. The van der Waals surface area contributed by atoms with Gasteiger partial charge in [0.05, 0.1) is 5.92 Å². The molecule has 0 bridgehead atoms. The van der Waals surface area contributed by atoms with Gasteiger partial charge in [0.1, 0.15) is 11.4 Å². The summed E-state index contributed by atoms with van der Waals surface area (Å²) in [6, 6.07) is 4.40. The molecule has 2 amide bonds. The van der Waals surface area contributed by atoms with Crippen molar-refractivity contribution in [2.24, 2.45) is 11.7 Å². The Bertz CT molecular complexity index is 662. The van der Waals surface area contributed by atoms with Crippen LogP contribution in [0.5, 0.6) is 0 Å². The topological polar surface area (TPSA) is 75.4 Å². The highest BCUT2D eigenvalue weighted by Gasteiger charge is 2.65. The SMILES string of the molecule is NC(=O)[C@@H]1C[C@@H]2CCCN2[C@]12C(=O)Nc1ccc(F)cc12. The Hall–Kier alpha value is -1.95. The van der Waals surface area contributed by atoms with Crippen LogP contribution in [0.4, 0.5) is 10.1 Å². The Kier molecular flexibility index (Phi) is 2.45. The molecule has 3 aliphatic rings. The largest absolute Gasteiger partial charge is 0.369 e. The van der Waals surface area contributed by atoms with Crippen LogP contribution in [0.15, 0.2) is 18.2 Å². The van der Waals surface area contributed by atoms with Crippen LogP contribution in [0, 0.1) is 11.7 Å². The maximum atomic E-state index is 13.7. The zero-order valence-electron chi connectivity index (χ0n) is 11.4. The quantitative estimate of drug-likeness (QED) is 0.808. The molecule has 0 unspecified atom stereocenters. The molecule has 1 aromatic carbocycles. The van der Waals surface area contributed by atoms with E-state index in [1.54, 1.807) is 6.07 Å². The number of anilines is 1. The maximum Gasteiger partial charge on any atom is 0.250 e. The van der Waals surface area contributed by atoms with Gasteiger partial charge in [-0.15, -0.1) is 0 Å². The second-order valence-corrected chi connectivity index (χ2v) is 6.09. The number of rotatable bonds is 1.